The van der Waals surface area contributed by atoms with Gasteiger partial charge in [0.15, 0.2) is 0 Å². The number of rotatable bonds is 20. The van der Waals surface area contributed by atoms with Gasteiger partial charge in [-0.1, -0.05) is 42.3 Å². The van der Waals surface area contributed by atoms with Crippen molar-refractivity contribution in [2.45, 2.75) is 83.7 Å². The van der Waals surface area contributed by atoms with Crippen molar-refractivity contribution in [2.24, 2.45) is 23.2 Å². The van der Waals surface area contributed by atoms with Crippen molar-refractivity contribution in [3.63, 3.8) is 0 Å². The maximum Gasteiger partial charge on any atom is 0.274 e. The molecule has 0 unspecified atom stereocenters. The lowest BCUT2D eigenvalue weighted by molar-refractivity contribution is -0.129. The topological polar surface area (TPSA) is 157 Å². The van der Waals surface area contributed by atoms with Crippen molar-refractivity contribution in [3.8, 4) is 11.3 Å². The Bertz CT molecular complexity index is 1550. The largest absolute Gasteiger partial charge is 0.379 e. The van der Waals surface area contributed by atoms with Gasteiger partial charge in [-0.2, -0.15) is 0 Å². The molecule has 0 saturated heterocycles. The van der Waals surface area contributed by atoms with Crippen LogP contribution in [-0.4, -0.2) is 70.9 Å². The first kappa shape index (κ1) is 36.7. The third-order valence-corrected chi connectivity index (χ3v) is 10.8. The number of ether oxygens (including phenoxy) is 2. The zero-order valence-electron chi connectivity index (χ0n) is 29.5. The minimum absolute atomic E-state index is 0.200. The molecule has 4 aliphatic rings. The van der Waals surface area contributed by atoms with E-state index in [9.17, 15) is 14.4 Å². The number of carbonyl (C=O) groups is 3. The van der Waals surface area contributed by atoms with Crippen LogP contribution in [0.3, 0.4) is 0 Å². The molecule has 3 aromatic rings. The predicted octanol–water partition coefficient (Wildman–Crippen LogP) is 5.31. The Morgan fingerprint density at radius 2 is 1.39 bits per heavy atom. The van der Waals surface area contributed by atoms with E-state index in [0.717, 1.165) is 66.8 Å². The molecule has 2 aromatic carbocycles. The van der Waals surface area contributed by atoms with Gasteiger partial charge in [0.2, 0.25) is 5.91 Å². The van der Waals surface area contributed by atoms with E-state index in [4.69, 9.17) is 14.7 Å². The maximum atomic E-state index is 12.6. The summed E-state index contributed by atoms with van der Waals surface area (Å²) in [5.41, 5.74) is 5.21. The summed E-state index contributed by atoms with van der Waals surface area (Å²) in [7, 11) is 0. The molecular weight excluding hydrogens is 648 g/mol. The third-order valence-electron chi connectivity index (χ3n) is 10.8. The van der Waals surface area contributed by atoms with Crippen molar-refractivity contribution in [3.05, 3.63) is 71.4 Å². The number of amides is 3. The van der Waals surface area contributed by atoms with Crippen LogP contribution in [0.1, 0.15) is 96.9 Å². The minimum Gasteiger partial charge on any atom is -0.379 e. The van der Waals surface area contributed by atoms with Gasteiger partial charge in [-0.05, 0) is 104 Å². The second kappa shape index (κ2) is 17.9. The molecular formula is C39H52N6O6. The second-order valence-corrected chi connectivity index (χ2v) is 14.8. The number of hydrogen-bond donors (Lipinski definition) is 4. The zero-order chi connectivity index (χ0) is 35.5. The fraction of sp³-hybridized carbons (Fsp3) is 0.564. The van der Waals surface area contributed by atoms with Crippen molar-refractivity contribution in [1.29, 1.82) is 0 Å². The van der Waals surface area contributed by atoms with Crippen molar-refractivity contribution < 1.29 is 29.1 Å². The van der Waals surface area contributed by atoms with E-state index >= 15 is 0 Å². The number of carbonyl (C=O) groups excluding carboxylic acids is 3. The first-order valence-electron chi connectivity index (χ1n) is 18.6. The molecule has 0 aliphatic heterocycles. The quantitative estimate of drug-likeness (QED) is 0.0702. The minimum atomic E-state index is -0.586. The van der Waals surface area contributed by atoms with Crippen LogP contribution in [0.25, 0.3) is 11.3 Å². The number of aryl methyl sites for hydroxylation is 1. The van der Waals surface area contributed by atoms with E-state index in [1.807, 2.05) is 23.0 Å². The molecule has 274 valence electrons. The van der Waals surface area contributed by atoms with E-state index in [1.54, 1.807) is 41.9 Å². The molecule has 12 nitrogen and oxygen atoms in total. The number of nitrogens with one attached hydrogen (secondary N) is 3. The van der Waals surface area contributed by atoms with Crippen molar-refractivity contribution >= 4 is 17.7 Å². The zero-order valence-corrected chi connectivity index (χ0v) is 29.5. The summed E-state index contributed by atoms with van der Waals surface area (Å²) < 4.78 is 13.2. The molecule has 12 heteroatoms. The van der Waals surface area contributed by atoms with Gasteiger partial charge in [0.25, 0.3) is 11.8 Å². The van der Waals surface area contributed by atoms with Gasteiger partial charge in [-0.25, -0.2) is 5.48 Å². The van der Waals surface area contributed by atoms with Crippen LogP contribution in [0, 0.1) is 23.2 Å². The first-order chi connectivity index (χ1) is 24.9. The Morgan fingerprint density at radius 3 is 2.08 bits per heavy atom. The number of unbranched alkanes of at least 4 members (excludes halogenated alkanes) is 3. The molecule has 1 aromatic heterocycles. The Labute approximate surface area is 300 Å². The number of nitrogens with zero attached hydrogens (tertiary/aromatic N) is 3. The SMILES string of the molecule is O=C(CC12CC3CC(CC(C3)C1)C2)NCCOCCOCCCCCCn1cc(-c2ccc(C(=O)NCc3ccc(C(=O)NO)cc3)cc2)nn1. The summed E-state index contributed by atoms with van der Waals surface area (Å²) >= 11 is 0. The highest BCUT2D eigenvalue weighted by Crippen LogP contribution is 2.61. The molecule has 1 heterocycles. The monoisotopic (exact) mass is 700 g/mol. The Hall–Kier alpha value is -4.13. The van der Waals surface area contributed by atoms with E-state index in [-0.39, 0.29) is 17.2 Å². The fourth-order valence-corrected chi connectivity index (χ4v) is 8.78. The third kappa shape index (κ3) is 10.5. The number of benzene rings is 2. The predicted molar refractivity (Wildman–Crippen MR) is 191 cm³/mol. The molecule has 3 amide bonds. The molecule has 0 radical (unpaired) electrons. The lowest BCUT2D eigenvalue weighted by Crippen LogP contribution is -2.48. The van der Waals surface area contributed by atoms with Gasteiger partial charge in [0.05, 0.1) is 26.0 Å². The van der Waals surface area contributed by atoms with Crippen LogP contribution in [0.4, 0.5) is 0 Å². The Kier molecular flexibility index (Phi) is 12.8. The van der Waals surface area contributed by atoms with Crippen LogP contribution in [0.2, 0.25) is 0 Å². The second-order valence-electron chi connectivity index (χ2n) is 14.8. The van der Waals surface area contributed by atoms with Crippen molar-refractivity contribution in [1.82, 2.24) is 31.1 Å². The summed E-state index contributed by atoms with van der Waals surface area (Å²) in [6.45, 7) is 4.01. The lowest BCUT2D eigenvalue weighted by atomic mass is 9.49. The summed E-state index contributed by atoms with van der Waals surface area (Å²) in [6, 6.07) is 13.8. The molecule has 4 aliphatic carbocycles. The average Bonchev–Trinajstić information content (AvgIpc) is 3.60. The van der Waals surface area contributed by atoms with E-state index in [0.29, 0.717) is 57.1 Å². The average molecular weight is 701 g/mol. The molecule has 4 bridgehead atoms. The van der Waals surface area contributed by atoms with Gasteiger partial charge < -0.3 is 20.1 Å². The Morgan fingerprint density at radius 1 is 0.765 bits per heavy atom. The number of aromatic nitrogens is 3. The first-order valence-corrected chi connectivity index (χ1v) is 18.6. The van der Waals surface area contributed by atoms with Gasteiger partial charge in [0.1, 0.15) is 5.69 Å². The van der Waals surface area contributed by atoms with Crippen LogP contribution in [0.5, 0.6) is 0 Å². The van der Waals surface area contributed by atoms with Crippen LogP contribution >= 0.6 is 0 Å². The fourth-order valence-electron chi connectivity index (χ4n) is 8.78. The molecule has 4 saturated carbocycles. The number of hydroxylamine groups is 1. The standard InChI is InChI=1S/C39H52N6O6/c46-36(25-39-22-29-19-30(23-39)21-31(20-29)24-39)40-13-16-51-18-17-50-15-4-2-1-3-14-45-27-35(42-44-45)32-9-11-33(12-10-32)37(47)41-26-28-5-7-34(8-6-28)38(48)43-49/h5-12,27,29-31,49H,1-4,13-26H2,(H,40,46)(H,41,47)(H,43,48). The molecule has 7 rings (SSSR count). The summed E-state index contributed by atoms with van der Waals surface area (Å²) in [4.78, 5) is 36.7. The van der Waals surface area contributed by atoms with E-state index in [1.165, 1.54) is 38.5 Å². The highest BCUT2D eigenvalue weighted by atomic mass is 16.5. The summed E-state index contributed by atoms with van der Waals surface area (Å²) in [5.74, 6) is 2.03. The van der Waals surface area contributed by atoms with Crippen LogP contribution < -0.4 is 16.1 Å². The van der Waals surface area contributed by atoms with Crippen LogP contribution in [-0.2, 0) is 27.4 Å². The van der Waals surface area contributed by atoms with Gasteiger partial charge in [-0.15, -0.1) is 5.10 Å². The molecule has 0 spiro atoms. The van der Waals surface area contributed by atoms with Crippen molar-refractivity contribution in [2.75, 3.05) is 33.0 Å². The lowest BCUT2D eigenvalue weighted by Gasteiger charge is -2.56. The van der Waals surface area contributed by atoms with E-state index < -0.39 is 5.91 Å². The highest BCUT2D eigenvalue weighted by Gasteiger charge is 2.51. The summed E-state index contributed by atoms with van der Waals surface area (Å²) in [5, 5.41) is 23.2. The molecule has 4 fully saturated rings. The molecule has 4 N–H and O–H groups in total. The van der Waals surface area contributed by atoms with Gasteiger partial charge >= 0.3 is 0 Å². The smallest absolute Gasteiger partial charge is 0.274 e. The van der Waals surface area contributed by atoms with Crippen LogP contribution in [0.15, 0.2) is 54.7 Å². The number of hydrogen-bond acceptors (Lipinski definition) is 8. The maximum absolute atomic E-state index is 12.6. The highest BCUT2D eigenvalue weighted by molar-refractivity contribution is 5.95. The Balaban J connectivity index is 0.761. The van der Waals surface area contributed by atoms with Gasteiger partial charge in [0, 0.05) is 49.4 Å². The molecule has 0 atom stereocenters. The summed E-state index contributed by atoms with van der Waals surface area (Å²) in [6.07, 6.45) is 14.8. The van der Waals surface area contributed by atoms with E-state index in [2.05, 4.69) is 20.9 Å². The molecule has 51 heavy (non-hydrogen) atoms. The normalized spacial score (nSPS) is 21.8. The van der Waals surface area contributed by atoms with Gasteiger partial charge in [-0.3, -0.25) is 24.3 Å².